The Labute approximate surface area is 428 Å². The number of anilines is 1. The Hall–Kier alpha value is -5.91. The highest BCUT2D eigenvalue weighted by molar-refractivity contribution is 5.98. The molecule has 392 valence electrons. The number of carbonyl (C=O) groups is 2. The van der Waals surface area contributed by atoms with E-state index in [0.717, 1.165) is 92.3 Å². The quantitative estimate of drug-likeness (QED) is 0.0354. The predicted molar refractivity (Wildman–Crippen MR) is 301 cm³/mol. The van der Waals surface area contributed by atoms with Crippen LogP contribution in [0, 0.1) is 11.3 Å². The summed E-state index contributed by atoms with van der Waals surface area (Å²) < 4.78 is 27.1. The van der Waals surface area contributed by atoms with Crippen LogP contribution in [0.3, 0.4) is 0 Å². The maximum atomic E-state index is 11.2. The number of aromatic nitrogens is 1. The lowest BCUT2D eigenvalue weighted by Gasteiger charge is -2.33. The molecule has 71 heavy (non-hydrogen) atoms. The lowest BCUT2D eigenvalue weighted by atomic mass is 9.90. The first-order valence-electron chi connectivity index (χ1n) is 25.1. The summed E-state index contributed by atoms with van der Waals surface area (Å²) in [5.74, 6) is 2.45. The predicted octanol–water partition coefficient (Wildman–Crippen LogP) is 14.7. The number of rotatable bonds is 24. The summed E-state index contributed by atoms with van der Waals surface area (Å²) in [6.07, 6.45) is 19.0. The molecule has 2 aromatic carbocycles. The number of nitrogens with two attached hydrogens (primary N) is 1. The van der Waals surface area contributed by atoms with Gasteiger partial charge in [0, 0.05) is 74.0 Å². The number of ether oxygens (including phenoxy) is 1. The first kappa shape index (κ1) is 65.1. The number of allylic oxidation sites excluding steroid dienone is 8. The monoisotopic (exact) mass is 981 g/mol. The molecule has 0 unspecified atom stereocenters. The van der Waals surface area contributed by atoms with Crippen molar-refractivity contribution in [1.29, 1.82) is 5.41 Å². The van der Waals surface area contributed by atoms with Gasteiger partial charge in [-0.1, -0.05) is 94.3 Å². The van der Waals surface area contributed by atoms with Crippen LogP contribution >= 0.6 is 0 Å². The third-order valence-electron chi connectivity index (χ3n) is 11.4. The molecule has 4 rings (SSSR count). The van der Waals surface area contributed by atoms with Crippen LogP contribution in [0.1, 0.15) is 119 Å². The number of alkyl halides is 2. The highest BCUT2D eigenvalue weighted by Gasteiger charge is 2.15. The van der Waals surface area contributed by atoms with Crippen LogP contribution in [-0.2, 0) is 22.6 Å². The fourth-order valence-corrected chi connectivity index (χ4v) is 7.73. The van der Waals surface area contributed by atoms with E-state index in [1.165, 1.54) is 48.6 Å². The summed E-state index contributed by atoms with van der Waals surface area (Å²) in [7, 11) is 1.00. The average Bonchev–Trinajstić information content (AvgIpc) is 3.74. The standard InChI is InChI=1S/C27H35N3O.C19H27NO.C12H22N2O.2CH3F/c1-5-10-22(11-6-2)20(3)14-19-26(27(28)29)21(4)30-23-15-17-25(18-16-23)31-24-12-8-7-9-13-24;1-7-20-18(9-8-17(6)21)10-11-19(20)13-16(5)15(4)12-14(2)3;1-3-6-13-8-10-14(11-9-13)7-4-5-12(2)15;2*1-2/h7-9,12-19,22,30H,3,5-6,10-11H2,1-2,4H3,(H3,28,29);10-13H,2,7-9H2,1,3-6H3;4-5H,3,6-11H2,1-2H3;2*1H3/b19-14-,26-21-;15-12-,16-13+;5-4+;;. The van der Waals surface area contributed by atoms with Crippen LogP contribution in [0.2, 0.25) is 0 Å². The van der Waals surface area contributed by atoms with Crippen molar-refractivity contribution in [2.75, 3.05) is 58.9 Å². The summed E-state index contributed by atoms with van der Waals surface area (Å²) in [5, 5.41) is 11.3. The molecule has 0 aliphatic carbocycles. The van der Waals surface area contributed by atoms with Crippen molar-refractivity contribution in [3.8, 4) is 11.5 Å². The fourth-order valence-electron chi connectivity index (χ4n) is 7.73. The van der Waals surface area contributed by atoms with Crippen LogP contribution in [0.25, 0.3) is 6.08 Å². The van der Waals surface area contributed by atoms with E-state index in [4.69, 9.17) is 15.9 Å². The molecular formula is C60H90F2N6O3. The zero-order valence-corrected chi connectivity index (χ0v) is 45.6. The van der Waals surface area contributed by atoms with Gasteiger partial charge in [0.05, 0.1) is 14.4 Å². The molecule has 0 radical (unpaired) electrons. The Balaban J connectivity index is 0.00000106. The number of ketones is 2. The van der Waals surface area contributed by atoms with Crippen molar-refractivity contribution in [2.24, 2.45) is 11.7 Å². The van der Waals surface area contributed by atoms with E-state index < -0.39 is 0 Å². The number of carbonyl (C=O) groups excluding carboxylic acids is 2. The summed E-state index contributed by atoms with van der Waals surface area (Å²) in [6, 6.07) is 21.7. The number of aryl methyl sites for hydroxylation is 1. The Kier molecular flexibility index (Phi) is 35.6. The third kappa shape index (κ3) is 27.9. The van der Waals surface area contributed by atoms with Crippen molar-refractivity contribution >= 4 is 29.2 Å². The van der Waals surface area contributed by atoms with Gasteiger partial charge in [0.2, 0.25) is 0 Å². The molecule has 1 fully saturated rings. The van der Waals surface area contributed by atoms with Gasteiger partial charge in [-0.15, -0.1) is 0 Å². The lowest BCUT2D eigenvalue weighted by molar-refractivity contribution is -0.117. The van der Waals surface area contributed by atoms with E-state index in [9.17, 15) is 18.4 Å². The van der Waals surface area contributed by atoms with E-state index in [0.29, 0.717) is 32.3 Å². The van der Waals surface area contributed by atoms with Crippen molar-refractivity contribution in [1.82, 2.24) is 14.4 Å². The number of nitrogens with zero attached hydrogens (tertiary/aromatic N) is 3. The van der Waals surface area contributed by atoms with Crippen LogP contribution in [0.4, 0.5) is 14.5 Å². The van der Waals surface area contributed by atoms with Crippen molar-refractivity contribution in [3.63, 3.8) is 0 Å². The van der Waals surface area contributed by atoms with E-state index in [2.05, 4.69) is 98.7 Å². The highest BCUT2D eigenvalue weighted by atomic mass is 19.1. The molecule has 0 amide bonds. The zero-order valence-electron chi connectivity index (χ0n) is 45.6. The van der Waals surface area contributed by atoms with Gasteiger partial charge in [-0.05, 0) is 165 Å². The van der Waals surface area contributed by atoms with E-state index in [-0.39, 0.29) is 17.4 Å². The first-order valence-corrected chi connectivity index (χ1v) is 25.1. The smallest absolute Gasteiger partial charge is 0.152 e. The minimum Gasteiger partial charge on any atom is -0.457 e. The molecule has 11 heteroatoms. The van der Waals surface area contributed by atoms with E-state index in [1.54, 1.807) is 19.9 Å². The van der Waals surface area contributed by atoms with Crippen LogP contribution in [0.5, 0.6) is 11.5 Å². The van der Waals surface area contributed by atoms with E-state index >= 15 is 0 Å². The number of halogens is 2. The third-order valence-corrected chi connectivity index (χ3v) is 11.4. The molecule has 1 aromatic heterocycles. The summed E-state index contributed by atoms with van der Waals surface area (Å²) >= 11 is 0. The maximum Gasteiger partial charge on any atom is 0.152 e. The molecule has 3 aromatic rings. The summed E-state index contributed by atoms with van der Waals surface area (Å²) in [4.78, 5) is 26.8. The van der Waals surface area contributed by atoms with Crippen LogP contribution < -0.4 is 15.8 Å². The Morgan fingerprint density at radius 1 is 0.761 bits per heavy atom. The van der Waals surface area contributed by atoms with Gasteiger partial charge in [0.25, 0.3) is 0 Å². The molecule has 0 atom stereocenters. The highest BCUT2D eigenvalue weighted by Crippen LogP contribution is 2.26. The number of nitrogens with one attached hydrogen (secondary N) is 2. The number of amidine groups is 1. The molecule has 1 aliphatic heterocycles. The van der Waals surface area contributed by atoms with Gasteiger partial charge < -0.3 is 30.0 Å². The number of benzene rings is 2. The largest absolute Gasteiger partial charge is 0.457 e. The topological polar surface area (TPSA) is 117 Å². The van der Waals surface area contributed by atoms with Crippen LogP contribution in [0.15, 0.2) is 144 Å². The van der Waals surface area contributed by atoms with Gasteiger partial charge in [-0.2, -0.15) is 0 Å². The second-order valence-corrected chi connectivity index (χ2v) is 17.6. The lowest BCUT2D eigenvalue weighted by Crippen LogP contribution is -2.46. The molecule has 2 heterocycles. The number of hydrogen-bond acceptors (Lipinski definition) is 7. The molecule has 0 spiro atoms. The molecule has 4 N–H and O–H groups in total. The number of Topliss-reactive ketones (excluding diaryl/α,β-unsaturated/α-hetero) is 1. The molecule has 1 saturated heterocycles. The SMILES string of the molecule is C=C(/C=C\C(C(=N)N)=C(/C)Nc1ccc(Oc2ccccc2)cc1)C(CCC)CCC.C=C(C)/C=C(C)\C(C)=C\c1ccc(CCC(C)=O)n1CC.CCCN1CCN(C/C=C/C(C)=O)CC1.CF.CF. The summed E-state index contributed by atoms with van der Waals surface area (Å²) in [6.45, 7) is 36.0. The number of piperazine rings is 1. The summed E-state index contributed by atoms with van der Waals surface area (Å²) in [5.41, 5.74) is 15.3. The normalized spacial score (nSPS) is 13.3. The molecule has 1 aliphatic rings. The Morgan fingerprint density at radius 3 is 1.85 bits per heavy atom. The van der Waals surface area contributed by atoms with Gasteiger partial charge >= 0.3 is 0 Å². The zero-order chi connectivity index (χ0) is 53.7. The molecule has 0 bridgehead atoms. The second kappa shape index (κ2) is 38.8. The second-order valence-electron chi connectivity index (χ2n) is 17.6. The average molecular weight is 981 g/mol. The van der Waals surface area contributed by atoms with Crippen molar-refractivity contribution in [2.45, 2.75) is 121 Å². The Bertz CT molecular complexity index is 2170. The van der Waals surface area contributed by atoms with Gasteiger partial charge in [0.15, 0.2) is 5.78 Å². The maximum absolute atomic E-state index is 11.2. The molecule has 0 saturated carbocycles. The first-order chi connectivity index (χ1) is 34.0. The fraction of sp³-hybridized carbons (Fsp3) is 0.450. The number of para-hydroxylation sites is 1. The van der Waals surface area contributed by atoms with Gasteiger partial charge in [-0.3, -0.25) is 23.9 Å². The van der Waals surface area contributed by atoms with Crippen molar-refractivity contribution < 1.29 is 23.1 Å². The van der Waals surface area contributed by atoms with Gasteiger partial charge in [0.1, 0.15) is 23.1 Å². The van der Waals surface area contributed by atoms with Crippen molar-refractivity contribution in [3.05, 3.63) is 155 Å². The molecular weight excluding hydrogens is 891 g/mol. The number of hydrogen-bond donors (Lipinski definition) is 3. The van der Waals surface area contributed by atoms with E-state index in [1.807, 2.05) is 86.7 Å². The Morgan fingerprint density at radius 2 is 1.34 bits per heavy atom. The minimum absolute atomic E-state index is 0.0283. The van der Waals surface area contributed by atoms with Crippen LogP contribution in [-0.4, -0.2) is 85.4 Å². The van der Waals surface area contributed by atoms with Gasteiger partial charge in [-0.25, -0.2) is 0 Å². The minimum atomic E-state index is 0.0283. The molecule has 9 nitrogen and oxygen atoms in total.